The molecule has 0 aliphatic carbocycles. The Hall–Kier alpha value is -2.82. The second kappa shape index (κ2) is 9.35. The fraction of sp³-hybridized carbons (Fsp3) is 0.263. The van der Waals surface area contributed by atoms with Gasteiger partial charge in [-0.1, -0.05) is 42.5 Å². The molecule has 0 saturated carbocycles. The first-order valence-electron chi connectivity index (χ1n) is 8.00. The lowest BCUT2D eigenvalue weighted by atomic mass is 10.1. The third kappa shape index (κ3) is 5.76. The Kier molecular flexibility index (Phi) is 6.83. The highest BCUT2D eigenvalue weighted by Crippen LogP contribution is 2.06. The van der Waals surface area contributed by atoms with Crippen LogP contribution in [-0.4, -0.2) is 25.2 Å². The summed E-state index contributed by atoms with van der Waals surface area (Å²) < 4.78 is 4.93. The van der Waals surface area contributed by atoms with Crippen LogP contribution >= 0.6 is 0 Å². The summed E-state index contributed by atoms with van der Waals surface area (Å²) in [4.78, 5) is 23.3. The first kappa shape index (κ1) is 17.5. The second-order valence-electron chi connectivity index (χ2n) is 5.26. The predicted molar refractivity (Wildman–Crippen MR) is 92.8 cm³/mol. The second-order valence-corrected chi connectivity index (χ2v) is 5.26. The highest BCUT2D eigenvalue weighted by molar-refractivity contribution is 5.89. The molecule has 2 aromatic carbocycles. The minimum atomic E-state index is -0.337. The van der Waals surface area contributed by atoms with E-state index in [2.05, 4.69) is 10.6 Å². The van der Waals surface area contributed by atoms with E-state index in [0.717, 1.165) is 12.0 Å². The van der Waals surface area contributed by atoms with Crippen LogP contribution in [-0.2, 0) is 17.7 Å². The van der Waals surface area contributed by atoms with Gasteiger partial charge in [-0.15, -0.1) is 0 Å². The molecule has 0 spiro atoms. The number of urea groups is 1. The Morgan fingerprint density at radius 3 is 2.29 bits per heavy atom. The summed E-state index contributed by atoms with van der Waals surface area (Å²) >= 11 is 0. The van der Waals surface area contributed by atoms with Crippen LogP contribution in [0.25, 0.3) is 0 Å². The monoisotopic (exact) mass is 326 g/mol. The van der Waals surface area contributed by atoms with E-state index in [9.17, 15) is 9.59 Å². The maximum Gasteiger partial charge on any atom is 0.338 e. The molecule has 0 unspecified atom stereocenters. The molecule has 2 amide bonds. The van der Waals surface area contributed by atoms with Crippen LogP contribution in [0, 0.1) is 0 Å². The largest absolute Gasteiger partial charge is 0.462 e. The number of rotatable bonds is 7. The molecule has 0 radical (unpaired) electrons. The molecule has 126 valence electrons. The van der Waals surface area contributed by atoms with Gasteiger partial charge in [0.25, 0.3) is 0 Å². The number of carbonyl (C=O) groups excluding carboxylic acids is 2. The zero-order valence-electron chi connectivity index (χ0n) is 13.7. The van der Waals surface area contributed by atoms with E-state index in [1.165, 1.54) is 5.56 Å². The SMILES string of the molecule is CCOC(=O)c1ccc(CNC(=O)NCCc2ccccc2)cc1. The van der Waals surface area contributed by atoms with E-state index in [0.29, 0.717) is 25.3 Å². The average molecular weight is 326 g/mol. The molecule has 0 bridgehead atoms. The summed E-state index contributed by atoms with van der Waals surface area (Å²) in [6.07, 6.45) is 0.794. The summed E-state index contributed by atoms with van der Waals surface area (Å²) in [5.74, 6) is -0.337. The number of hydrogen-bond donors (Lipinski definition) is 2. The molecule has 0 saturated heterocycles. The third-order valence-electron chi connectivity index (χ3n) is 3.46. The van der Waals surface area contributed by atoms with Crippen molar-refractivity contribution in [1.82, 2.24) is 10.6 Å². The molecule has 5 heteroatoms. The zero-order valence-corrected chi connectivity index (χ0v) is 13.7. The molecular weight excluding hydrogens is 304 g/mol. The van der Waals surface area contributed by atoms with E-state index in [1.807, 2.05) is 30.3 Å². The minimum Gasteiger partial charge on any atom is -0.462 e. The zero-order chi connectivity index (χ0) is 17.2. The van der Waals surface area contributed by atoms with E-state index >= 15 is 0 Å². The quantitative estimate of drug-likeness (QED) is 0.769. The molecule has 0 aliphatic heterocycles. The van der Waals surface area contributed by atoms with Crippen LogP contribution in [0.4, 0.5) is 4.79 Å². The van der Waals surface area contributed by atoms with Crippen molar-refractivity contribution in [3.05, 3.63) is 71.3 Å². The fourth-order valence-electron chi connectivity index (χ4n) is 2.18. The van der Waals surface area contributed by atoms with Gasteiger partial charge in [0.1, 0.15) is 0 Å². The van der Waals surface area contributed by atoms with Crippen LogP contribution in [0.15, 0.2) is 54.6 Å². The first-order valence-corrected chi connectivity index (χ1v) is 8.00. The van der Waals surface area contributed by atoms with Gasteiger partial charge in [-0.05, 0) is 36.6 Å². The van der Waals surface area contributed by atoms with Crippen LogP contribution < -0.4 is 10.6 Å². The van der Waals surface area contributed by atoms with E-state index < -0.39 is 0 Å². The van der Waals surface area contributed by atoms with Gasteiger partial charge in [0.05, 0.1) is 12.2 Å². The molecule has 0 fully saturated rings. The Morgan fingerprint density at radius 2 is 1.62 bits per heavy atom. The molecule has 0 aromatic heterocycles. The summed E-state index contributed by atoms with van der Waals surface area (Å²) in [7, 11) is 0. The molecule has 2 rings (SSSR count). The van der Waals surface area contributed by atoms with Gasteiger partial charge in [0, 0.05) is 13.1 Å². The lowest BCUT2D eigenvalue weighted by molar-refractivity contribution is 0.0526. The number of esters is 1. The Labute approximate surface area is 142 Å². The van der Waals surface area contributed by atoms with Gasteiger partial charge < -0.3 is 15.4 Å². The van der Waals surface area contributed by atoms with E-state index in [4.69, 9.17) is 4.74 Å². The van der Waals surface area contributed by atoms with Crippen molar-refractivity contribution in [3.63, 3.8) is 0 Å². The number of benzene rings is 2. The van der Waals surface area contributed by atoms with Crippen molar-refractivity contribution in [1.29, 1.82) is 0 Å². The number of amides is 2. The number of carbonyl (C=O) groups is 2. The number of hydrogen-bond acceptors (Lipinski definition) is 3. The van der Waals surface area contributed by atoms with Gasteiger partial charge in [-0.3, -0.25) is 0 Å². The van der Waals surface area contributed by atoms with Gasteiger partial charge >= 0.3 is 12.0 Å². The standard InChI is InChI=1S/C19H22N2O3/c1-2-24-18(22)17-10-8-16(9-11-17)14-21-19(23)20-13-12-15-6-4-3-5-7-15/h3-11H,2,12-14H2,1H3,(H2,20,21,23). The smallest absolute Gasteiger partial charge is 0.338 e. The highest BCUT2D eigenvalue weighted by atomic mass is 16.5. The van der Waals surface area contributed by atoms with E-state index in [1.54, 1.807) is 31.2 Å². The van der Waals surface area contributed by atoms with Crippen molar-refractivity contribution in [2.75, 3.05) is 13.2 Å². The molecule has 24 heavy (non-hydrogen) atoms. The minimum absolute atomic E-state index is 0.208. The topological polar surface area (TPSA) is 67.4 Å². The highest BCUT2D eigenvalue weighted by Gasteiger charge is 2.06. The average Bonchev–Trinajstić information content (AvgIpc) is 2.61. The van der Waals surface area contributed by atoms with Gasteiger partial charge in [-0.2, -0.15) is 0 Å². The predicted octanol–water partition coefficient (Wildman–Crippen LogP) is 2.91. The Morgan fingerprint density at radius 1 is 0.917 bits per heavy atom. The normalized spacial score (nSPS) is 10.0. The summed E-state index contributed by atoms with van der Waals surface area (Å²) in [6, 6.07) is 16.8. The van der Waals surface area contributed by atoms with Crippen molar-refractivity contribution in [3.8, 4) is 0 Å². The molecule has 2 N–H and O–H groups in total. The van der Waals surface area contributed by atoms with Crippen molar-refractivity contribution in [2.45, 2.75) is 19.9 Å². The molecule has 2 aromatic rings. The van der Waals surface area contributed by atoms with Crippen LogP contribution in [0.3, 0.4) is 0 Å². The van der Waals surface area contributed by atoms with Gasteiger partial charge in [-0.25, -0.2) is 9.59 Å². The van der Waals surface area contributed by atoms with Crippen LogP contribution in [0.2, 0.25) is 0 Å². The molecule has 0 aliphatic rings. The van der Waals surface area contributed by atoms with Crippen molar-refractivity contribution < 1.29 is 14.3 Å². The molecular formula is C19H22N2O3. The molecule has 0 heterocycles. The van der Waals surface area contributed by atoms with Crippen LogP contribution in [0.5, 0.6) is 0 Å². The van der Waals surface area contributed by atoms with Gasteiger partial charge in [0.15, 0.2) is 0 Å². The van der Waals surface area contributed by atoms with Gasteiger partial charge in [0.2, 0.25) is 0 Å². The lowest BCUT2D eigenvalue weighted by Crippen LogP contribution is -2.36. The van der Waals surface area contributed by atoms with Crippen LogP contribution in [0.1, 0.15) is 28.4 Å². The Bertz CT molecular complexity index is 654. The maximum atomic E-state index is 11.8. The fourth-order valence-corrected chi connectivity index (χ4v) is 2.18. The van der Waals surface area contributed by atoms with Crippen molar-refractivity contribution in [2.24, 2.45) is 0 Å². The van der Waals surface area contributed by atoms with E-state index in [-0.39, 0.29) is 12.0 Å². The molecule has 5 nitrogen and oxygen atoms in total. The summed E-state index contributed by atoms with van der Waals surface area (Å²) in [5, 5.41) is 5.62. The number of ether oxygens (including phenoxy) is 1. The lowest BCUT2D eigenvalue weighted by Gasteiger charge is -2.08. The number of nitrogens with one attached hydrogen (secondary N) is 2. The first-order chi connectivity index (χ1) is 11.7. The summed E-state index contributed by atoms with van der Waals surface area (Å²) in [5.41, 5.74) is 2.61. The maximum absolute atomic E-state index is 11.8. The molecule has 0 atom stereocenters. The van der Waals surface area contributed by atoms with Crippen molar-refractivity contribution >= 4 is 12.0 Å². The Balaban J connectivity index is 1.70. The summed E-state index contributed by atoms with van der Waals surface area (Å²) in [6.45, 7) is 3.11. The third-order valence-corrected chi connectivity index (χ3v) is 3.46.